The Bertz CT molecular complexity index is 224. The fourth-order valence-corrected chi connectivity index (χ4v) is 1.12. The van der Waals surface area contributed by atoms with Crippen LogP contribution >= 0.6 is 9.24 Å². The van der Waals surface area contributed by atoms with E-state index in [-0.39, 0.29) is 0 Å². The Labute approximate surface area is 70.5 Å². The molecule has 0 saturated carbocycles. The van der Waals surface area contributed by atoms with E-state index in [2.05, 4.69) is 40.2 Å². The summed E-state index contributed by atoms with van der Waals surface area (Å²) >= 11 is 0. The van der Waals surface area contributed by atoms with Crippen LogP contribution in [-0.4, -0.2) is 5.71 Å². The lowest BCUT2D eigenvalue weighted by Gasteiger charge is -2.00. The second-order valence-electron chi connectivity index (χ2n) is 3.02. The van der Waals surface area contributed by atoms with E-state index in [9.17, 15) is 0 Å². The van der Waals surface area contributed by atoms with Crippen molar-refractivity contribution < 1.29 is 0 Å². The van der Waals surface area contributed by atoms with E-state index in [1.54, 1.807) is 0 Å². The highest BCUT2D eigenvalue weighted by Gasteiger charge is 2.01. The maximum Gasteiger partial charge on any atom is 0.0426 e. The van der Waals surface area contributed by atoms with E-state index in [1.165, 1.54) is 11.0 Å². The van der Waals surface area contributed by atoms with Gasteiger partial charge in [-0.05, 0) is 23.7 Å². The molecule has 60 valence electrons. The molecule has 0 radical (unpaired) electrons. The topological polar surface area (TPSA) is 12.4 Å². The molecule has 0 aromatic carbocycles. The SMILES string of the molecule is CC(C)C1=NC=C(P)CC=C1. The van der Waals surface area contributed by atoms with Crippen molar-refractivity contribution in [3.8, 4) is 0 Å². The summed E-state index contributed by atoms with van der Waals surface area (Å²) in [5.41, 5.74) is 1.17. The predicted octanol–water partition coefficient (Wildman–Crippen LogP) is 2.76. The van der Waals surface area contributed by atoms with Crippen LogP contribution in [0.1, 0.15) is 20.3 Å². The summed E-state index contributed by atoms with van der Waals surface area (Å²) in [7, 11) is 2.69. The third-order valence-electron chi connectivity index (χ3n) is 1.61. The molecule has 1 heterocycles. The van der Waals surface area contributed by atoms with E-state index in [0.29, 0.717) is 5.92 Å². The van der Waals surface area contributed by atoms with Crippen molar-refractivity contribution in [1.29, 1.82) is 0 Å². The Kier molecular flexibility index (Phi) is 3.02. The number of hydrogen-bond donors (Lipinski definition) is 0. The smallest absolute Gasteiger partial charge is 0.0426 e. The molecule has 2 heteroatoms. The largest absolute Gasteiger partial charge is 0.261 e. The molecule has 0 bridgehead atoms. The molecule has 0 aromatic rings. The van der Waals surface area contributed by atoms with E-state index < -0.39 is 0 Å². The zero-order chi connectivity index (χ0) is 8.27. The minimum absolute atomic E-state index is 0.526. The molecule has 1 nitrogen and oxygen atoms in total. The van der Waals surface area contributed by atoms with E-state index in [0.717, 1.165) is 6.42 Å². The molecule has 1 aliphatic rings. The normalized spacial score (nSPS) is 17.8. The molecule has 0 aliphatic carbocycles. The van der Waals surface area contributed by atoms with Crippen LogP contribution in [0.3, 0.4) is 0 Å². The molecular weight excluding hydrogens is 153 g/mol. The fraction of sp³-hybridized carbons (Fsp3) is 0.444. The Morgan fingerprint density at radius 3 is 2.91 bits per heavy atom. The highest BCUT2D eigenvalue weighted by Crippen LogP contribution is 2.15. The Morgan fingerprint density at radius 1 is 1.55 bits per heavy atom. The van der Waals surface area contributed by atoms with Crippen LogP contribution in [0.4, 0.5) is 0 Å². The van der Waals surface area contributed by atoms with E-state index in [4.69, 9.17) is 0 Å². The first kappa shape index (κ1) is 8.67. The molecule has 0 aromatic heterocycles. The van der Waals surface area contributed by atoms with Gasteiger partial charge >= 0.3 is 0 Å². The molecule has 11 heavy (non-hydrogen) atoms. The van der Waals surface area contributed by atoms with Gasteiger partial charge in [-0.25, -0.2) is 0 Å². The second-order valence-corrected chi connectivity index (χ2v) is 3.76. The summed E-state index contributed by atoms with van der Waals surface area (Å²) in [4.78, 5) is 4.35. The lowest BCUT2D eigenvalue weighted by atomic mass is 10.1. The van der Waals surface area contributed by atoms with Crippen LogP contribution in [0.5, 0.6) is 0 Å². The first-order valence-corrected chi connectivity index (χ1v) is 4.46. The Balaban J connectivity index is 2.81. The number of hydrogen-bond acceptors (Lipinski definition) is 1. The molecule has 1 rings (SSSR count). The zero-order valence-electron chi connectivity index (χ0n) is 7.04. The van der Waals surface area contributed by atoms with Crippen LogP contribution in [0.2, 0.25) is 0 Å². The average molecular weight is 167 g/mol. The molecule has 0 saturated heterocycles. The Morgan fingerprint density at radius 2 is 2.27 bits per heavy atom. The molecule has 0 spiro atoms. The van der Waals surface area contributed by atoms with Gasteiger partial charge in [0, 0.05) is 11.9 Å². The van der Waals surface area contributed by atoms with Crippen LogP contribution < -0.4 is 0 Å². The van der Waals surface area contributed by atoms with Crippen molar-refractivity contribution in [2.75, 3.05) is 0 Å². The third kappa shape index (κ3) is 2.59. The summed E-state index contributed by atoms with van der Waals surface area (Å²) in [5.74, 6) is 0.526. The van der Waals surface area contributed by atoms with Gasteiger partial charge in [-0.2, -0.15) is 0 Å². The van der Waals surface area contributed by atoms with Crippen molar-refractivity contribution >= 4 is 15.0 Å². The summed E-state index contributed by atoms with van der Waals surface area (Å²) < 4.78 is 0. The van der Waals surface area contributed by atoms with Crippen molar-refractivity contribution in [3.63, 3.8) is 0 Å². The van der Waals surface area contributed by atoms with Gasteiger partial charge in [0.2, 0.25) is 0 Å². The second kappa shape index (κ2) is 3.82. The number of nitrogens with zero attached hydrogens (tertiary/aromatic N) is 1. The molecular formula is C9H14NP. The monoisotopic (exact) mass is 167 g/mol. The predicted molar refractivity (Wildman–Crippen MR) is 53.8 cm³/mol. The van der Waals surface area contributed by atoms with Gasteiger partial charge in [-0.3, -0.25) is 4.99 Å². The maximum atomic E-state index is 4.35. The van der Waals surface area contributed by atoms with Crippen LogP contribution in [0.25, 0.3) is 0 Å². The van der Waals surface area contributed by atoms with Crippen LogP contribution in [0.15, 0.2) is 28.7 Å². The average Bonchev–Trinajstić information content (AvgIpc) is 2.13. The van der Waals surface area contributed by atoms with Crippen LogP contribution in [-0.2, 0) is 0 Å². The maximum absolute atomic E-state index is 4.35. The van der Waals surface area contributed by atoms with Gasteiger partial charge in [-0.15, -0.1) is 9.24 Å². The lowest BCUT2D eigenvalue weighted by Crippen LogP contribution is -2.02. The fourth-order valence-electron chi connectivity index (χ4n) is 0.910. The first-order valence-electron chi connectivity index (χ1n) is 3.89. The van der Waals surface area contributed by atoms with Crippen molar-refractivity contribution in [1.82, 2.24) is 0 Å². The quantitative estimate of drug-likeness (QED) is 0.532. The molecule has 1 atom stereocenters. The number of aliphatic imine (C=N–C) groups is 1. The van der Waals surface area contributed by atoms with E-state index >= 15 is 0 Å². The molecule has 0 N–H and O–H groups in total. The first-order chi connectivity index (χ1) is 5.20. The minimum atomic E-state index is 0.526. The number of rotatable bonds is 1. The highest BCUT2D eigenvalue weighted by atomic mass is 31.0. The zero-order valence-corrected chi connectivity index (χ0v) is 8.20. The van der Waals surface area contributed by atoms with Gasteiger partial charge in [0.25, 0.3) is 0 Å². The standard InChI is InChI=1S/C9H14NP/c1-7(2)9-5-3-4-8(11)6-10-9/h3,5-7H,4,11H2,1-2H3. The lowest BCUT2D eigenvalue weighted by molar-refractivity contribution is 0.889. The Hall–Kier alpha value is -0.420. The minimum Gasteiger partial charge on any atom is -0.261 e. The summed E-state index contributed by atoms with van der Waals surface area (Å²) in [6, 6.07) is 0. The van der Waals surface area contributed by atoms with Crippen molar-refractivity contribution in [2.24, 2.45) is 10.9 Å². The summed E-state index contributed by atoms with van der Waals surface area (Å²) in [6.45, 7) is 4.32. The van der Waals surface area contributed by atoms with Crippen molar-refractivity contribution in [2.45, 2.75) is 20.3 Å². The molecule has 0 amide bonds. The molecule has 1 aliphatic heterocycles. The highest BCUT2D eigenvalue weighted by molar-refractivity contribution is 7.22. The van der Waals surface area contributed by atoms with Gasteiger partial charge < -0.3 is 0 Å². The van der Waals surface area contributed by atoms with Gasteiger partial charge in [0.1, 0.15) is 0 Å². The summed E-state index contributed by atoms with van der Waals surface area (Å²) in [6.07, 6.45) is 7.20. The third-order valence-corrected chi connectivity index (χ3v) is 2.00. The molecule has 1 unspecified atom stereocenters. The summed E-state index contributed by atoms with van der Waals surface area (Å²) in [5, 5.41) is 1.25. The van der Waals surface area contributed by atoms with E-state index in [1.807, 2.05) is 6.20 Å². The van der Waals surface area contributed by atoms with Gasteiger partial charge in [0.05, 0.1) is 0 Å². The number of allylic oxidation sites excluding steroid dienone is 3. The van der Waals surface area contributed by atoms with Crippen LogP contribution in [0, 0.1) is 5.92 Å². The van der Waals surface area contributed by atoms with Crippen molar-refractivity contribution in [3.05, 3.63) is 23.7 Å². The van der Waals surface area contributed by atoms with Gasteiger partial charge in [-0.1, -0.05) is 19.9 Å². The van der Waals surface area contributed by atoms with Gasteiger partial charge in [0.15, 0.2) is 0 Å². The molecule has 0 fully saturated rings.